The smallest absolute Gasteiger partial charge is 0.134 e. The molecule has 12 heavy (non-hydrogen) atoms. The van der Waals surface area contributed by atoms with E-state index in [0.717, 1.165) is 5.45 Å². The zero-order valence-corrected chi connectivity index (χ0v) is 10.4. The summed E-state index contributed by atoms with van der Waals surface area (Å²) in [6, 6.07) is 0. The van der Waals surface area contributed by atoms with Crippen LogP contribution in [0.15, 0.2) is 0 Å². The highest BCUT2D eigenvalue weighted by Crippen LogP contribution is 2.10. The highest BCUT2D eigenvalue weighted by atomic mass is 79.9. The Bertz CT molecular complexity index is 96.0. The first-order chi connectivity index (χ1) is 5.68. The normalized spacial score (nSPS) is 12.0. The lowest BCUT2D eigenvalue weighted by molar-refractivity contribution is -0.896. The Morgan fingerprint density at radius 1 is 1.00 bits per heavy atom. The van der Waals surface area contributed by atoms with Crippen LogP contribution < -0.4 is 0 Å². The molecule has 0 unspecified atom stereocenters. The number of hydrogen-bond donors (Lipinski definition) is 0. The maximum atomic E-state index is 3.60. The Hall–Kier alpha value is 0.440. The summed E-state index contributed by atoms with van der Waals surface area (Å²) in [7, 11) is 2.35. The quantitative estimate of drug-likeness (QED) is 0.361. The van der Waals surface area contributed by atoms with Crippen LogP contribution in [0.2, 0.25) is 0 Å². The summed E-state index contributed by atoms with van der Waals surface area (Å²) in [5, 5.41) is 0. The molecule has 0 spiro atoms. The van der Waals surface area contributed by atoms with Crippen molar-refractivity contribution in [2.45, 2.75) is 39.5 Å². The standard InChI is InChI=1S/C10H23BrN/c1-4-6-8-12(3,10-11)9-7-5-2/h4-10H2,1-3H3/q+1. The van der Waals surface area contributed by atoms with Gasteiger partial charge in [-0.05, 0) is 28.8 Å². The lowest BCUT2D eigenvalue weighted by atomic mass is 10.2. The monoisotopic (exact) mass is 236 g/mol. The van der Waals surface area contributed by atoms with Gasteiger partial charge in [0.2, 0.25) is 0 Å². The van der Waals surface area contributed by atoms with Crippen molar-refractivity contribution in [2.24, 2.45) is 0 Å². The third-order valence-electron chi connectivity index (χ3n) is 2.39. The second kappa shape index (κ2) is 6.90. The molecule has 0 atom stereocenters. The van der Waals surface area contributed by atoms with Gasteiger partial charge in [-0.25, -0.2) is 0 Å². The summed E-state index contributed by atoms with van der Waals surface area (Å²) < 4.78 is 1.20. The molecule has 0 fully saturated rings. The predicted molar refractivity (Wildman–Crippen MR) is 59.5 cm³/mol. The van der Waals surface area contributed by atoms with E-state index in [1.807, 2.05) is 0 Å². The van der Waals surface area contributed by atoms with Crippen molar-refractivity contribution >= 4 is 15.9 Å². The van der Waals surface area contributed by atoms with Crippen molar-refractivity contribution in [1.82, 2.24) is 0 Å². The molecular formula is C10H23BrN+. The Morgan fingerprint density at radius 2 is 1.42 bits per heavy atom. The summed E-state index contributed by atoms with van der Waals surface area (Å²) >= 11 is 3.60. The zero-order chi connectivity index (χ0) is 9.45. The molecule has 0 saturated carbocycles. The summed E-state index contributed by atoms with van der Waals surface area (Å²) in [5.74, 6) is 0. The number of nitrogens with zero attached hydrogens (tertiary/aromatic N) is 1. The molecule has 0 aromatic rings. The molecule has 0 aliphatic heterocycles. The Morgan fingerprint density at radius 3 is 1.67 bits per heavy atom. The van der Waals surface area contributed by atoms with E-state index < -0.39 is 0 Å². The van der Waals surface area contributed by atoms with E-state index >= 15 is 0 Å². The van der Waals surface area contributed by atoms with Crippen LogP contribution in [0.5, 0.6) is 0 Å². The van der Waals surface area contributed by atoms with Gasteiger partial charge in [0.25, 0.3) is 0 Å². The molecule has 0 aromatic carbocycles. The fourth-order valence-corrected chi connectivity index (χ4v) is 1.81. The van der Waals surface area contributed by atoms with Gasteiger partial charge >= 0.3 is 0 Å². The molecule has 0 bridgehead atoms. The first-order valence-electron chi connectivity index (χ1n) is 5.08. The highest BCUT2D eigenvalue weighted by molar-refractivity contribution is 9.09. The topological polar surface area (TPSA) is 0 Å². The van der Waals surface area contributed by atoms with E-state index in [-0.39, 0.29) is 0 Å². The summed E-state index contributed by atoms with van der Waals surface area (Å²) in [4.78, 5) is 0. The van der Waals surface area contributed by atoms with Gasteiger partial charge in [0.05, 0.1) is 20.1 Å². The zero-order valence-electron chi connectivity index (χ0n) is 8.77. The molecule has 0 aliphatic carbocycles. The lowest BCUT2D eigenvalue weighted by Gasteiger charge is -2.32. The predicted octanol–water partition coefficient (Wildman–Crippen LogP) is 3.39. The van der Waals surface area contributed by atoms with Crippen molar-refractivity contribution in [3.63, 3.8) is 0 Å². The van der Waals surface area contributed by atoms with Crippen LogP contribution in [0.25, 0.3) is 0 Å². The van der Waals surface area contributed by atoms with Crippen LogP contribution >= 0.6 is 15.9 Å². The Kier molecular flexibility index (Phi) is 7.16. The van der Waals surface area contributed by atoms with Crippen molar-refractivity contribution in [2.75, 3.05) is 25.6 Å². The molecule has 0 aliphatic rings. The minimum Gasteiger partial charge on any atom is -0.317 e. The van der Waals surface area contributed by atoms with Crippen LogP contribution in [0.3, 0.4) is 0 Å². The summed E-state index contributed by atoms with van der Waals surface area (Å²) in [6.07, 6.45) is 5.33. The lowest BCUT2D eigenvalue weighted by Crippen LogP contribution is -2.44. The van der Waals surface area contributed by atoms with Crippen molar-refractivity contribution in [3.8, 4) is 0 Å². The van der Waals surface area contributed by atoms with E-state index in [9.17, 15) is 0 Å². The van der Waals surface area contributed by atoms with Gasteiger partial charge in [-0.1, -0.05) is 26.7 Å². The average molecular weight is 237 g/mol. The fraction of sp³-hybridized carbons (Fsp3) is 1.00. The minimum atomic E-state index is 1.10. The van der Waals surface area contributed by atoms with Crippen LogP contribution in [-0.2, 0) is 0 Å². The van der Waals surface area contributed by atoms with E-state index in [4.69, 9.17) is 0 Å². The van der Waals surface area contributed by atoms with Crippen molar-refractivity contribution in [1.29, 1.82) is 0 Å². The SMILES string of the molecule is CCCC[N+](C)(CBr)CCCC. The summed E-state index contributed by atoms with van der Waals surface area (Å²) in [5.41, 5.74) is 1.10. The second-order valence-corrected chi connectivity index (χ2v) is 4.39. The average Bonchev–Trinajstić information content (AvgIpc) is 2.11. The minimum absolute atomic E-state index is 1.10. The Labute approximate surface area is 85.9 Å². The number of alkyl halides is 1. The van der Waals surface area contributed by atoms with E-state index in [1.54, 1.807) is 0 Å². The van der Waals surface area contributed by atoms with Crippen LogP contribution in [0.1, 0.15) is 39.5 Å². The molecule has 74 valence electrons. The fourth-order valence-electron chi connectivity index (χ4n) is 1.31. The molecule has 0 aromatic heterocycles. The van der Waals surface area contributed by atoms with Gasteiger partial charge < -0.3 is 4.48 Å². The molecule has 1 nitrogen and oxygen atoms in total. The number of rotatable bonds is 7. The molecule has 0 radical (unpaired) electrons. The van der Waals surface area contributed by atoms with Crippen molar-refractivity contribution in [3.05, 3.63) is 0 Å². The molecular weight excluding hydrogens is 214 g/mol. The number of unbranched alkanes of at least 4 members (excludes halogenated alkanes) is 2. The Balaban J connectivity index is 3.70. The maximum absolute atomic E-state index is 3.60. The molecule has 0 amide bonds. The first kappa shape index (κ1) is 12.4. The summed E-state index contributed by atoms with van der Waals surface area (Å²) in [6.45, 7) is 7.17. The molecule has 0 saturated heterocycles. The van der Waals surface area contributed by atoms with E-state index in [1.165, 1.54) is 43.3 Å². The largest absolute Gasteiger partial charge is 0.317 e. The van der Waals surface area contributed by atoms with Crippen LogP contribution in [0, 0.1) is 0 Å². The number of quaternary nitrogens is 1. The first-order valence-corrected chi connectivity index (χ1v) is 6.20. The van der Waals surface area contributed by atoms with Gasteiger partial charge in [0.15, 0.2) is 0 Å². The highest BCUT2D eigenvalue weighted by Gasteiger charge is 2.17. The van der Waals surface area contributed by atoms with Gasteiger partial charge in [-0.3, -0.25) is 0 Å². The molecule has 0 heterocycles. The van der Waals surface area contributed by atoms with Crippen molar-refractivity contribution < 1.29 is 4.48 Å². The van der Waals surface area contributed by atoms with Gasteiger partial charge in [0.1, 0.15) is 5.45 Å². The second-order valence-electron chi connectivity index (χ2n) is 3.89. The number of halogens is 1. The van der Waals surface area contributed by atoms with Gasteiger partial charge in [-0.2, -0.15) is 0 Å². The van der Waals surface area contributed by atoms with Crippen LogP contribution in [-0.4, -0.2) is 30.1 Å². The molecule has 0 N–H and O–H groups in total. The van der Waals surface area contributed by atoms with Crippen LogP contribution in [0.4, 0.5) is 0 Å². The van der Waals surface area contributed by atoms with E-state index in [2.05, 4.69) is 36.8 Å². The number of hydrogen-bond acceptors (Lipinski definition) is 0. The molecule has 2 heteroatoms. The third-order valence-corrected chi connectivity index (χ3v) is 3.60. The third kappa shape index (κ3) is 5.15. The maximum Gasteiger partial charge on any atom is 0.134 e. The van der Waals surface area contributed by atoms with E-state index in [0.29, 0.717) is 0 Å². The van der Waals surface area contributed by atoms with Gasteiger partial charge in [-0.15, -0.1) is 0 Å². The van der Waals surface area contributed by atoms with Gasteiger partial charge in [0, 0.05) is 0 Å². The molecule has 0 rings (SSSR count).